The summed E-state index contributed by atoms with van der Waals surface area (Å²) in [6.07, 6.45) is 0. The van der Waals surface area contributed by atoms with Crippen LogP contribution in [0.1, 0.15) is 25.3 Å². The molecular weight excluding hydrogens is 180 g/mol. The molecule has 1 heterocycles. The predicted octanol–water partition coefficient (Wildman–Crippen LogP) is 3.00. The van der Waals surface area contributed by atoms with Gasteiger partial charge in [-0.2, -0.15) is 0 Å². The van der Waals surface area contributed by atoms with Crippen LogP contribution >= 0.6 is 11.3 Å². The van der Waals surface area contributed by atoms with Crippen LogP contribution < -0.4 is 5.73 Å². The second-order valence-electron chi connectivity index (χ2n) is 3.42. The first-order valence-electron chi connectivity index (χ1n) is 4.31. The fourth-order valence-corrected chi connectivity index (χ4v) is 2.27. The maximum absolute atomic E-state index is 5.91. The topological polar surface area (TPSA) is 38.9 Å². The first-order chi connectivity index (χ1) is 6.20. The minimum absolute atomic E-state index is 0.436. The van der Waals surface area contributed by atoms with E-state index in [9.17, 15) is 0 Å². The number of fused-ring (bicyclic) bond motifs is 1. The Hall–Kier alpha value is -1.09. The van der Waals surface area contributed by atoms with Crippen molar-refractivity contribution in [1.29, 1.82) is 0 Å². The molecule has 3 heteroatoms. The van der Waals surface area contributed by atoms with Gasteiger partial charge >= 0.3 is 0 Å². The van der Waals surface area contributed by atoms with Crippen LogP contribution in [0.3, 0.4) is 0 Å². The lowest BCUT2D eigenvalue weighted by Crippen LogP contribution is -1.97. The number of aromatic nitrogens is 1. The fraction of sp³-hybridized carbons (Fsp3) is 0.300. The highest BCUT2D eigenvalue weighted by Gasteiger charge is 2.10. The lowest BCUT2D eigenvalue weighted by atomic mass is 10.0. The molecule has 0 fully saturated rings. The summed E-state index contributed by atoms with van der Waals surface area (Å²) in [5.74, 6) is 0.436. The van der Waals surface area contributed by atoms with Crippen molar-refractivity contribution in [1.82, 2.24) is 4.98 Å². The molecule has 68 valence electrons. The van der Waals surface area contributed by atoms with E-state index in [1.165, 1.54) is 10.3 Å². The van der Waals surface area contributed by atoms with Gasteiger partial charge in [0.1, 0.15) is 0 Å². The molecule has 0 radical (unpaired) electrons. The molecule has 1 aromatic carbocycles. The zero-order valence-corrected chi connectivity index (χ0v) is 8.56. The van der Waals surface area contributed by atoms with E-state index in [1.807, 2.05) is 17.6 Å². The second-order valence-corrected chi connectivity index (χ2v) is 4.31. The summed E-state index contributed by atoms with van der Waals surface area (Å²) in [6, 6.07) is 4.00. The van der Waals surface area contributed by atoms with Crippen molar-refractivity contribution in [3.05, 3.63) is 23.2 Å². The van der Waals surface area contributed by atoms with E-state index in [4.69, 9.17) is 5.73 Å². The zero-order chi connectivity index (χ0) is 9.42. The smallest absolute Gasteiger partial charge is 0.0867 e. The summed E-state index contributed by atoms with van der Waals surface area (Å²) < 4.78 is 1.22. The van der Waals surface area contributed by atoms with Crippen molar-refractivity contribution in [2.45, 2.75) is 19.8 Å². The number of hydrogen-bond donors (Lipinski definition) is 1. The number of thiazole rings is 1. The van der Waals surface area contributed by atoms with Gasteiger partial charge in [0.2, 0.25) is 0 Å². The Labute approximate surface area is 81.4 Å². The zero-order valence-electron chi connectivity index (χ0n) is 7.74. The van der Waals surface area contributed by atoms with E-state index in [2.05, 4.69) is 18.8 Å². The van der Waals surface area contributed by atoms with Gasteiger partial charge in [-0.3, -0.25) is 0 Å². The minimum atomic E-state index is 0.436. The molecule has 0 atom stereocenters. The van der Waals surface area contributed by atoms with E-state index < -0.39 is 0 Å². The molecule has 0 aliphatic heterocycles. The first-order valence-corrected chi connectivity index (χ1v) is 5.19. The van der Waals surface area contributed by atoms with E-state index in [0.29, 0.717) is 5.92 Å². The molecule has 2 nitrogen and oxygen atoms in total. The second kappa shape index (κ2) is 3.00. The van der Waals surface area contributed by atoms with Gasteiger partial charge in [-0.15, -0.1) is 11.3 Å². The van der Waals surface area contributed by atoms with Gasteiger partial charge in [0.05, 0.1) is 15.7 Å². The molecule has 0 unspecified atom stereocenters. The summed E-state index contributed by atoms with van der Waals surface area (Å²) in [4.78, 5) is 4.34. The molecule has 0 saturated carbocycles. The maximum atomic E-state index is 5.91. The molecule has 0 amide bonds. The van der Waals surface area contributed by atoms with Crippen LogP contribution in [0.4, 0.5) is 5.69 Å². The number of nitrogens with two attached hydrogens (primary N) is 1. The Morgan fingerprint density at radius 2 is 2.15 bits per heavy atom. The number of nitrogens with zero attached hydrogens (tertiary/aromatic N) is 1. The highest BCUT2D eigenvalue weighted by Crippen LogP contribution is 2.31. The van der Waals surface area contributed by atoms with Crippen molar-refractivity contribution in [3.8, 4) is 0 Å². The molecule has 0 saturated heterocycles. The molecule has 2 aromatic rings. The van der Waals surface area contributed by atoms with Crippen molar-refractivity contribution in [2.75, 3.05) is 5.73 Å². The molecule has 1 aromatic heterocycles. The maximum Gasteiger partial charge on any atom is 0.0867 e. The fourth-order valence-electron chi connectivity index (χ4n) is 1.57. The highest BCUT2D eigenvalue weighted by atomic mass is 32.1. The standard InChI is InChI=1S/C10H12N2S/c1-6(2)9-7(11)3-4-8-10(9)12-5-13-8/h3-6H,11H2,1-2H3. The Kier molecular flexibility index (Phi) is 1.96. The van der Waals surface area contributed by atoms with Crippen LogP contribution in [0.2, 0.25) is 0 Å². The van der Waals surface area contributed by atoms with Gasteiger partial charge in [0.15, 0.2) is 0 Å². The third-order valence-corrected chi connectivity index (χ3v) is 2.95. The predicted molar refractivity (Wildman–Crippen MR) is 58.1 cm³/mol. The molecule has 0 aliphatic rings. The summed E-state index contributed by atoms with van der Waals surface area (Å²) in [5.41, 5.74) is 10.9. The normalized spacial score (nSPS) is 11.3. The number of nitrogen functional groups attached to an aromatic ring is 1. The van der Waals surface area contributed by atoms with Gasteiger partial charge in [-0.25, -0.2) is 4.98 Å². The van der Waals surface area contributed by atoms with Gasteiger partial charge in [-0.05, 0) is 18.1 Å². The number of benzene rings is 1. The number of hydrogen-bond acceptors (Lipinski definition) is 3. The van der Waals surface area contributed by atoms with Crippen LogP contribution in [0.15, 0.2) is 17.6 Å². The number of anilines is 1. The summed E-state index contributed by atoms with van der Waals surface area (Å²) in [6.45, 7) is 4.29. The van der Waals surface area contributed by atoms with E-state index in [-0.39, 0.29) is 0 Å². The molecule has 2 N–H and O–H groups in total. The van der Waals surface area contributed by atoms with E-state index in [1.54, 1.807) is 11.3 Å². The Morgan fingerprint density at radius 3 is 2.85 bits per heavy atom. The van der Waals surface area contributed by atoms with Crippen molar-refractivity contribution in [3.63, 3.8) is 0 Å². The van der Waals surface area contributed by atoms with Crippen LogP contribution in [0.5, 0.6) is 0 Å². The van der Waals surface area contributed by atoms with Crippen molar-refractivity contribution >= 4 is 27.2 Å². The molecule has 2 rings (SSSR count). The number of rotatable bonds is 1. The van der Waals surface area contributed by atoms with Crippen LogP contribution in [0, 0.1) is 0 Å². The van der Waals surface area contributed by atoms with Gasteiger partial charge in [-0.1, -0.05) is 13.8 Å². The largest absolute Gasteiger partial charge is 0.398 e. The first kappa shape index (κ1) is 8.51. The van der Waals surface area contributed by atoms with Gasteiger partial charge in [0, 0.05) is 11.3 Å². The summed E-state index contributed by atoms with van der Waals surface area (Å²) >= 11 is 1.66. The third kappa shape index (κ3) is 1.29. The molecule has 13 heavy (non-hydrogen) atoms. The SMILES string of the molecule is CC(C)c1c(N)ccc2scnc12. The van der Waals surface area contributed by atoms with Crippen molar-refractivity contribution < 1.29 is 0 Å². The highest BCUT2D eigenvalue weighted by molar-refractivity contribution is 7.16. The Bertz CT molecular complexity index is 431. The summed E-state index contributed by atoms with van der Waals surface area (Å²) in [7, 11) is 0. The van der Waals surface area contributed by atoms with E-state index >= 15 is 0 Å². The van der Waals surface area contributed by atoms with Crippen molar-refractivity contribution in [2.24, 2.45) is 0 Å². The third-order valence-electron chi connectivity index (χ3n) is 2.15. The van der Waals surface area contributed by atoms with Crippen LogP contribution in [-0.2, 0) is 0 Å². The average molecular weight is 192 g/mol. The van der Waals surface area contributed by atoms with Gasteiger partial charge < -0.3 is 5.73 Å². The monoisotopic (exact) mass is 192 g/mol. The Morgan fingerprint density at radius 1 is 1.38 bits per heavy atom. The lowest BCUT2D eigenvalue weighted by Gasteiger charge is -2.09. The minimum Gasteiger partial charge on any atom is -0.398 e. The summed E-state index contributed by atoms with van der Waals surface area (Å²) in [5, 5.41) is 0. The van der Waals surface area contributed by atoms with E-state index in [0.717, 1.165) is 11.2 Å². The average Bonchev–Trinajstić information content (AvgIpc) is 2.50. The van der Waals surface area contributed by atoms with Crippen LogP contribution in [0.25, 0.3) is 10.2 Å². The van der Waals surface area contributed by atoms with Gasteiger partial charge in [0.25, 0.3) is 0 Å². The Balaban J connectivity index is 2.80. The molecule has 0 spiro atoms. The molecule has 0 aliphatic carbocycles. The molecular formula is C10H12N2S. The van der Waals surface area contributed by atoms with Crippen LogP contribution in [-0.4, -0.2) is 4.98 Å². The lowest BCUT2D eigenvalue weighted by molar-refractivity contribution is 0.877. The quantitative estimate of drug-likeness (QED) is 0.705. The molecule has 0 bridgehead atoms.